The van der Waals surface area contributed by atoms with Crippen molar-refractivity contribution >= 4 is 34.8 Å². The maximum Gasteiger partial charge on any atom is 0.262 e. The molecule has 0 heterocycles. The smallest absolute Gasteiger partial charge is 0.262 e. The molecule has 2 aromatic carbocycles. The van der Waals surface area contributed by atoms with Gasteiger partial charge in [-0.25, -0.2) is 0 Å². The Morgan fingerprint density at radius 3 is 2.64 bits per heavy atom. The Morgan fingerprint density at radius 2 is 1.95 bits per heavy atom. The average Bonchev–Trinajstić information content (AvgIpc) is 2.49. The number of carbonyl (C=O) groups is 1. The van der Waals surface area contributed by atoms with Crippen LogP contribution in [0, 0.1) is 6.92 Å². The summed E-state index contributed by atoms with van der Waals surface area (Å²) in [7, 11) is 1.52. The molecule has 0 aliphatic heterocycles. The van der Waals surface area contributed by atoms with Gasteiger partial charge in [-0.3, -0.25) is 4.79 Å². The Bertz CT molecular complexity index is 689. The fourth-order valence-corrected chi connectivity index (χ4v) is 2.11. The lowest BCUT2D eigenvalue weighted by molar-refractivity contribution is -0.118. The van der Waals surface area contributed by atoms with Gasteiger partial charge < -0.3 is 14.8 Å². The van der Waals surface area contributed by atoms with Crippen LogP contribution >= 0.6 is 23.2 Å². The minimum atomic E-state index is -0.312. The van der Waals surface area contributed by atoms with Crippen molar-refractivity contribution in [1.82, 2.24) is 0 Å². The highest BCUT2D eigenvalue weighted by Gasteiger charge is 2.09. The van der Waals surface area contributed by atoms with E-state index in [4.69, 9.17) is 32.7 Å². The molecule has 0 unspecified atom stereocenters. The standard InChI is InChI=1S/C16H15Cl2NO3/c1-10-7-12(4-5-13(10)18)22-9-16(20)19-14-8-11(17)3-6-15(14)21-2/h3-8H,9H2,1-2H3,(H,19,20). The van der Waals surface area contributed by atoms with E-state index in [-0.39, 0.29) is 12.5 Å². The van der Waals surface area contributed by atoms with Crippen LogP contribution in [0.3, 0.4) is 0 Å². The van der Waals surface area contributed by atoms with Crippen LogP contribution in [0.5, 0.6) is 11.5 Å². The van der Waals surface area contributed by atoms with Gasteiger partial charge in [0.2, 0.25) is 0 Å². The summed E-state index contributed by atoms with van der Waals surface area (Å²) < 4.78 is 10.6. The number of aryl methyl sites for hydroxylation is 1. The first-order chi connectivity index (χ1) is 10.5. The lowest BCUT2D eigenvalue weighted by Gasteiger charge is -2.11. The van der Waals surface area contributed by atoms with Gasteiger partial charge in [-0.15, -0.1) is 0 Å². The third-order valence-electron chi connectivity index (χ3n) is 2.93. The number of benzene rings is 2. The second kappa shape index (κ2) is 7.38. The molecule has 2 aromatic rings. The van der Waals surface area contributed by atoms with Gasteiger partial charge in [0, 0.05) is 10.0 Å². The summed E-state index contributed by atoms with van der Waals surface area (Å²) in [5, 5.41) is 3.86. The number of anilines is 1. The predicted octanol–water partition coefficient (Wildman–Crippen LogP) is 4.33. The minimum absolute atomic E-state index is 0.128. The van der Waals surface area contributed by atoms with Crippen LogP contribution < -0.4 is 14.8 Å². The average molecular weight is 340 g/mol. The molecule has 0 spiro atoms. The molecular weight excluding hydrogens is 325 g/mol. The third kappa shape index (κ3) is 4.29. The van der Waals surface area contributed by atoms with E-state index in [1.54, 1.807) is 36.4 Å². The molecule has 0 fully saturated rings. The molecule has 2 rings (SSSR count). The van der Waals surface area contributed by atoms with E-state index in [2.05, 4.69) is 5.32 Å². The van der Waals surface area contributed by atoms with Gasteiger partial charge in [-0.1, -0.05) is 23.2 Å². The highest BCUT2D eigenvalue weighted by atomic mass is 35.5. The van der Waals surface area contributed by atoms with Crippen molar-refractivity contribution in [2.75, 3.05) is 19.0 Å². The van der Waals surface area contributed by atoms with Gasteiger partial charge in [-0.2, -0.15) is 0 Å². The molecule has 0 atom stereocenters. The zero-order valence-electron chi connectivity index (χ0n) is 12.2. The topological polar surface area (TPSA) is 47.6 Å². The van der Waals surface area contributed by atoms with E-state index in [1.807, 2.05) is 6.92 Å². The van der Waals surface area contributed by atoms with E-state index in [0.29, 0.717) is 27.2 Å². The molecule has 0 aliphatic rings. The van der Waals surface area contributed by atoms with E-state index >= 15 is 0 Å². The van der Waals surface area contributed by atoms with Gasteiger partial charge in [0.15, 0.2) is 6.61 Å². The van der Waals surface area contributed by atoms with Crippen molar-refractivity contribution in [1.29, 1.82) is 0 Å². The molecule has 6 heteroatoms. The molecule has 0 bridgehead atoms. The van der Waals surface area contributed by atoms with Crippen LogP contribution in [0.2, 0.25) is 10.0 Å². The molecule has 0 saturated heterocycles. The number of halogens is 2. The number of hydrogen-bond donors (Lipinski definition) is 1. The summed E-state index contributed by atoms with van der Waals surface area (Å²) in [6.45, 7) is 1.74. The Labute approximate surface area is 138 Å². The summed E-state index contributed by atoms with van der Waals surface area (Å²) >= 11 is 11.8. The Morgan fingerprint density at radius 1 is 1.18 bits per heavy atom. The van der Waals surface area contributed by atoms with Gasteiger partial charge in [0.25, 0.3) is 5.91 Å². The number of methoxy groups -OCH3 is 1. The molecule has 22 heavy (non-hydrogen) atoms. The molecule has 1 N–H and O–H groups in total. The number of hydrogen-bond acceptors (Lipinski definition) is 3. The van der Waals surface area contributed by atoms with Crippen LogP contribution in [0.15, 0.2) is 36.4 Å². The number of amides is 1. The van der Waals surface area contributed by atoms with E-state index < -0.39 is 0 Å². The van der Waals surface area contributed by atoms with Crippen LogP contribution in [-0.4, -0.2) is 19.6 Å². The Kier molecular flexibility index (Phi) is 5.52. The lowest BCUT2D eigenvalue weighted by Crippen LogP contribution is -2.20. The van der Waals surface area contributed by atoms with Crippen LogP contribution in [0.1, 0.15) is 5.56 Å². The summed E-state index contributed by atoms with van der Waals surface area (Å²) in [4.78, 5) is 12.0. The van der Waals surface area contributed by atoms with Crippen molar-refractivity contribution in [2.45, 2.75) is 6.92 Å². The van der Waals surface area contributed by atoms with Crippen LogP contribution in [-0.2, 0) is 4.79 Å². The predicted molar refractivity (Wildman–Crippen MR) is 88.3 cm³/mol. The number of rotatable bonds is 5. The molecule has 4 nitrogen and oxygen atoms in total. The summed E-state index contributed by atoms with van der Waals surface area (Å²) in [6.07, 6.45) is 0. The zero-order valence-corrected chi connectivity index (χ0v) is 13.7. The molecule has 116 valence electrons. The van der Waals surface area contributed by atoms with E-state index in [1.165, 1.54) is 7.11 Å². The summed E-state index contributed by atoms with van der Waals surface area (Å²) in [5.74, 6) is 0.795. The number of nitrogens with one attached hydrogen (secondary N) is 1. The SMILES string of the molecule is COc1ccc(Cl)cc1NC(=O)COc1ccc(Cl)c(C)c1. The quantitative estimate of drug-likeness (QED) is 0.881. The summed E-state index contributed by atoms with van der Waals surface area (Å²) in [6, 6.07) is 10.2. The Hall–Kier alpha value is -1.91. The zero-order chi connectivity index (χ0) is 16.1. The van der Waals surface area contributed by atoms with Crippen molar-refractivity contribution in [3.8, 4) is 11.5 Å². The Balaban J connectivity index is 1.98. The maximum absolute atomic E-state index is 12.0. The van der Waals surface area contributed by atoms with Crippen LogP contribution in [0.4, 0.5) is 5.69 Å². The van der Waals surface area contributed by atoms with Gasteiger partial charge in [-0.05, 0) is 48.9 Å². The van der Waals surface area contributed by atoms with Crippen LogP contribution in [0.25, 0.3) is 0 Å². The number of carbonyl (C=O) groups excluding carboxylic acids is 1. The van der Waals surface area contributed by atoms with Crippen molar-refractivity contribution < 1.29 is 14.3 Å². The fraction of sp³-hybridized carbons (Fsp3) is 0.188. The van der Waals surface area contributed by atoms with Gasteiger partial charge >= 0.3 is 0 Å². The fourth-order valence-electron chi connectivity index (χ4n) is 1.82. The molecule has 0 aliphatic carbocycles. The second-order valence-corrected chi connectivity index (χ2v) is 5.44. The van der Waals surface area contributed by atoms with E-state index in [0.717, 1.165) is 5.56 Å². The largest absolute Gasteiger partial charge is 0.495 e. The number of ether oxygens (including phenoxy) is 2. The highest BCUT2D eigenvalue weighted by molar-refractivity contribution is 6.31. The molecule has 0 aromatic heterocycles. The van der Waals surface area contributed by atoms with E-state index in [9.17, 15) is 4.79 Å². The van der Waals surface area contributed by atoms with Crippen molar-refractivity contribution in [2.24, 2.45) is 0 Å². The lowest BCUT2D eigenvalue weighted by atomic mass is 10.2. The molecule has 0 radical (unpaired) electrons. The molecule has 0 saturated carbocycles. The van der Waals surface area contributed by atoms with Gasteiger partial charge in [0.05, 0.1) is 12.8 Å². The maximum atomic E-state index is 12.0. The minimum Gasteiger partial charge on any atom is -0.495 e. The molecule has 1 amide bonds. The third-order valence-corrected chi connectivity index (χ3v) is 3.59. The highest BCUT2D eigenvalue weighted by Crippen LogP contribution is 2.27. The van der Waals surface area contributed by atoms with Gasteiger partial charge in [0.1, 0.15) is 11.5 Å². The molecular formula is C16H15Cl2NO3. The first kappa shape index (κ1) is 16.5. The monoisotopic (exact) mass is 339 g/mol. The second-order valence-electron chi connectivity index (χ2n) is 4.59. The summed E-state index contributed by atoms with van der Waals surface area (Å²) in [5.41, 5.74) is 1.38. The van der Waals surface area contributed by atoms with Crippen molar-refractivity contribution in [3.05, 3.63) is 52.0 Å². The first-order valence-corrected chi connectivity index (χ1v) is 7.27. The van der Waals surface area contributed by atoms with Crippen molar-refractivity contribution in [3.63, 3.8) is 0 Å². The normalized spacial score (nSPS) is 10.2. The first-order valence-electron chi connectivity index (χ1n) is 6.52.